The molecule has 3 heterocycles. The molecule has 392 valence electrons. The molecule has 0 saturated heterocycles. The first-order chi connectivity index (χ1) is 37.9. The van der Waals surface area contributed by atoms with E-state index in [0.29, 0.717) is 6.67 Å². The molecule has 1 aliphatic heterocycles. The summed E-state index contributed by atoms with van der Waals surface area (Å²) in [5.74, 6) is 0.893. The van der Waals surface area contributed by atoms with E-state index in [1.807, 2.05) is 6.20 Å². The van der Waals surface area contributed by atoms with Gasteiger partial charge in [0, 0.05) is 33.8 Å². The SMILES string of the molecule is CC(C)(C)c1cc(N2CN(c3cccc([Si](c4ccccc4)(c4ccccc4)c4ccc5c6cc(C(C)(C)C)ccc6n(-c6cc(C(C)(c7ccccc7)c7ccccc7)ccn6)c5c4)c3)c3ccccc32)cc(C(C)(C)C)c1. The van der Waals surface area contributed by atoms with E-state index >= 15 is 0 Å². The lowest BCUT2D eigenvalue weighted by atomic mass is 9.71. The third kappa shape index (κ3) is 8.99. The minimum absolute atomic E-state index is 0.00839. The van der Waals surface area contributed by atoms with Gasteiger partial charge in [-0.25, -0.2) is 4.98 Å². The Bertz CT molecular complexity index is 3900. The summed E-state index contributed by atoms with van der Waals surface area (Å²) in [6.45, 7) is 23.9. The van der Waals surface area contributed by atoms with Gasteiger partial charge in [0.1, 0.15) is 12.5 Å². The van der Waals surface area contributed by atoms with Crippen LogP contribution in [-0.4, -0.2) is 24.3 Å². The average molecular weight is 1050 g/mol. The van der Waals surface area contributed by atoms with E-state index in [-0.39, 0.29) is 16.2 Å². The van der Waals surface area contributed by atoms with Crippen molar-refractivity contribution < 1.29 is 0 Å². The molecule has 0 amide bonds. The second-order valence-electron chi connectivity index (χ2n) is 25.1. The molecule has 0 saturated carbocycles. The molecule has 2 aromatic heterocycles. The topological polar surface area (TPSA) is 24.3 Å². The number of rotatable bonds is 10. The fraction of sp³-hybridized carbons (Fsp3) is 0.203. The second-order valence-corrected chi connectivity index (χ2v) is 28.9. The molecule has 79 heavy (non-hydrogen) atoms. The highest BCUT2D eigenvalue weighted by atomic mass is 28.3. The Labute approximate surface area is 469 Å². The summed E-state index contributed by atoms with van der Waals surface area (Å²) < 4.78 is 2.45. The number of nitrogens with zero attached hydrogens (tertiary/aromatic N) is 4. The van der Waals surface area contributed by atoms with Gasteiger partial charge in [-0.05, 0) is 144 Å². The molecule has 9 aromatic carbocycles. The summed E-state index contributed by atoms with van der Waals surface area (Å²) in [7, 11) is -3.15. The molecule has 0 bridgehead atoms. The van der Waals surface area contributed by atoms with Gasteiger partial charge < -0.3 is 9.80 Å². The van der Waals surface area contributed by atoms with Crippen molar-refractivity contribution in [1.82, 2.24) is 9.55 Å². The van der Waals surface area contributed by atoms with Crippen molar-refractivity contribution in [2.45, 2.75) is 90.9 Å². The lowest BCUT2D eigenvalue weighted by Gasteiger charge is -2.35. The standard InChI is InChI=1S/C74H72N4Si/c1-71(2,3)54-38-41-66-65(47-54)64-40-39-63(50-69(64)78(66)70-48-55(42-43-75-70)74(10,52-26-15-11-16-27-52)53-28-17-12-18-29-53)79(60-31-19-13-20-32-60,61-33-21-14-22-34-61)62-35-25-30-58(49-62)76-51-77(68-37-24-23-36-67(68)76)59-45-56(72(4,5)6)44-57(46-59)73(7,8)9/h11-50H,51H2,1-10H3. The van der Waals surface area contributed by atoms with Crippen LogP contribution in [0.5, 0.6) is 0 Å². The largest absolute Gasteiger partial charge is 0.321 e. The maximum absolute atomic E-state index is 5.32. The molecular weight excluding hydrogens is 973 g/mol. The fourth-order valence-corrected chi connectivity index (χ4v) is 17.2. The van der Waals surface area contributed by atoms with E-state index in [1.165, 1.54) is 87.6 Å². The van der Waals surface area contributed by atoms with E-state index in [0.717, 1.165) is 16.9 Å². The van der Waals surface area contributed by atoms with E-state index in [4.69, 9.17) is 4.98 Å². The molecule has 5 heteroatoms. The zero-order valence-corrected chi connectivity index (χ0v) is 48.6. The van der Waals surface area contributed by atoms with Gasteiger partial charge in [0.15, 0.2) is 8.07 Å². The Morgan fingerprint density at radius 1 is 0.342 bits per heavy atom. The Balaban J connectivity index is 1.08. The average Bonchev–Trinajstić information content (AvgIpc) is 4.17. The molecule has 1 aliphatic rings. The first-order valence-corrected chi connectivity index (χ1v) is 30.1. The number of benzene rings is 9. The van der Waals surface area contributed by atoms with Crippen LogP contribution < -0.4 is 30.5 Å². The molecule has 11 aromatic rings. The van der Waals surface area contributed by atoms with Crippen molar-refractivity contribution in [2.24, 2.45) is 0 Å². The van der Waals surface area contributed by atoms with Gasteiger partial charge in [0.25, 0.3) is 0 Å². The molecule has 0 fully saturated rings. The normalized spacial score (nSPS) is 13.3. The monoisotopic (exact) mass is 1040 g/mol. The summed E-state index contributed by atoms with van der Waals surface area (Å²) in [6, 6.07) is 89.4. The maximum Gasteiger partial charge on any atom is 0.179 e. The van der Waals surface area contributed by atoms with E-state index in [9.17, 15) is 0 Å². The van der Waals surface area contributed by atoms with Crippen LogP contribution in [0.25, 0.3) is 27.6 Å². The molecule has 0 atom stereocenters. The fourth-order valence-electron chi connectivity index (χ4n) is 12.4. The van der Waals surface area contributed by atoms with Gasteiger partial charge in [0.2, 0.25) is 0 Å². The van der Waals surface area contributed by atoms with Crippen molar-refractivity contribution >= 4 is 73.4 Å². The van der Waals surface area contributed by atoms with Gasteiger partial charge >= 0.3 is 0 Å². The van der Waals surface area contributed by atoms with Gasteiger partial charge in [-0.2, -0.15) is 0 Å². The van der Waals surface area contributed by atoms with Crippen LogP contribution in [0.3, 0.4) is 0 Å². The lowest BCUT2D eigenvalue weighted by Crippen LogP contribution is -2.74. The zero-order valence-electron chi connectivity index (χ0n) is 47.6. The highest BCUT2D eigenvalue weighted by molar-refractivity contribution is 7.20. The van der Waals surface area contributed by atoms with Gasteiger partial charge in [-0.15, -0.1) is 0 Å². The number of para-hydroxylation sites is 2. The van der Waals surface area contributed by atoms with E-state index < -0.39 is 13.5 Å². The third-order valence-electron chi connectivity index (χ3n) is 17.0. The predicted octanol–water partition coefficient (Wildman–Crippen LogP) is 16.1. The number of fused-ring (bicyclic) bond motifs is 4. The maximum atomic E-state index is 5.32. The number of aromatic nitrogens is 2. The summed E-state index contributed by atoms with van der Waals surface area (Å²) in [6.07, 6.45) is 2.01. The highest BCUT2D eigenvalue weighted by Crippen LogP contribution is 2.46. The third-order valence-corrected chi connectivity index (χ3v) is 21.8. The van der Waals surface area contributed by atoms with Gasteiger partial charge in [-0.3, -0.25) is 4.57 Å². The van der Waals surface area contributed by atoms with Crippen LogP contribution in [0.4, 0.5) is 22.7 Å². The number of hydrogen-bond donors (Lipinski definition) is 0. The van der Waals surface area contributed by atoms with Gasteiger partial charge in [0.05, 0.1) is 22.4 Å². The zero-order chi connectivity index (χ0) is 54.9. The minimum atomic E-state index is -3.15. The Kier molecular flexibility index (Phi) is 12.8. The van der Waals surface area contributed by atoms with Crippen molar-refractivity contribution in [1.29, 1.82) is 0 Å². The summed E-state index contributed by atoms with van der Waals surface area (Å²) in [4.78, 5) is 10.4. The molecule has 0 radical (unpaired) electrons. The van der Waals surface area contributed by atoms with Crippen molar-refractivity contribution in [2.75, 3.05) is 16.5 Å². The molecular formula is C74H72N4Si. The van der Waals surface area contributed by atoms with Crippen molar-refractivity contribution in [3.8, 4) is 5.82 Å². The van der Waals surface area contributed by atoms with Crippen LogP contribution in [0, 0.1) is 0 Å². The second kappa shape index (κ2) is 19.6. The quantitative estimate of drug-likeness (QED) is 0.101. The minimum Gasteiger partial charge on any atom is -0.321 e. The number of hydrogen-bond acceptors (Lipinski definition) is 3. The van der Waals surface area contributed by atoms with Crippen molar-refractivity contribution in [3.05, 3.63) is 276 Å². The molecule has 0 spiro atoms. The molecule has 0 aliphatic carbocycles. The predicted molar refractivity (Wildman–Crippen MR) is 339 cm³/mol. The van der Waals surface area contributed by atoms with E-state index in [2.05, 4.69) is 320 Å². The van der Waals surface area contributed by atoms with E-state index in [1.54, 1.807) is 0 Å². The summed E-state index contributed by atoms with van der Waals surface area (Å²) >= 11 is 0. The van der Waals surface area contributed by atoms with Crippen LogP contribution in [-0.2, 0) is 21.7 Å². The first kappa shape index (κ1) is 51.5. The molecule has 12 rings (SSSR count). The van der Waals surface area contributed by atoms with Gasteiger partial charge in [-0.1, -0.05) is 232 Å². The lowest BCUT2D eigenvalue weighted by molar-refractivity contribution is 0.568. The van der Waals surface area contributed by atoms with Crippen LogP contribution in [0.1, 0.15) is 103 Å². The Morgan fingerprint density at radius 3 is 1.41 bits per heavy atom. The van der Waals surface area contributed by atoms with Crippen LogP contribution >= 0.6 is 0 Å². The Hall–Kier alpha value is -8.25. The van der Waals surface area contributed by atoms with Crippen LogP contribution in [0.15, 0.2) is 243 Å². The highest BCUT2D eigenvalue weighted by Gasteiger charge is 2.43. The molecule has 4 nitrogen and oxygen atoms in total. The summed E-state index contributed by atoms with van der Waals surface area (Å²) in [5, 5.41) is 7.72. The number of anilines is 4. The molecule has 0 N–H and O–H groups in total. The summed E-state index contributed by atoms with van der Waals surface area (Å²) in [5.41, 5.74) is 14.2. The first-order valence-electron chi connectivity index (χ1n) is 28.1. The molecule has 0 unspecified atom stereocenters. The van der Waals surface area contributed by atoms with Crippen molar-refractivity contribution in [3.63, 3.8) is 0 Å². The Morgan fingerprint density at radius 2 is 0.848 bits per heavy atom. The number of pyridine rings is 1. The smallest absolute Gasteiger partial charge is 0.179 e. The van der Waals surface area contributed by atoms with Crippen LogP contribution in [0.2, 0.25) is 0 Å².